The molecule has 9 N–H and O–H groups in total. The van der Waals surface area contributed by atoms with E-state index in [2.05, 4.69) is 0 Å². The predicted octanol–water partition coefficient (Wildman–Crippen LogP) is 0.737. The molecular weight excluding hydrogens is 576 g/mol. The maximum absolute atomic E-state index is 12.7. The summed E-state index contributed by atoms with van der Waals surface area (Å²) >= 11 is 0. The lowest BCUT2D eigenvalue weighted by atomic mass is 9.99. The average Bonchev–Trinajstić information content (AvgIpc) is 2.96. The summed E-state index contributed by atoms with van der Waals surface area (Å²) in [6, 6.07) is 8.59. The van der Waals surface area contributed by atoms with Gasteiger partial charge in [-0.25, -0.2) is 4.79 Å². The lowest BCUT2D eigenvalue weighted by Gasteiger charge is -2.39. The minimum absolute atomic E-state index is 0.0333. The van der Waals surface area contributed by atoms with Crippen LogP contribution in [0, 0.1) is 0 Å². The molecule has 1 fully saturated rings. The molecule has 15 heteroatoms. The monoisotopic (exact) mass is 600 g/mol. The highest BCUT2D eigenvalue weighted by Crippen LogP contribution is 2.37. The Labute approximate surface area is 239 Å². The van der Waals surface area contributed by atoms with Gasteiger partial charge in [-0.05, 0) is 30.3 Å². The molecule has 4 aromatic rings. The van der Waals surface area contributed by atoms with Crippen LogP contribution in [0.2, 0.25) is 0 Å². The molecule has 1 aliphatic heterocycles. The van der Waals surface area contributed by atoms with Crippen molar-refractivity contribution in [3.05, 3.63) is 64.3 Å². The van der Waals surface area contributed by atoms with Gasteiger partial charge in [0.15, 0.2) is 34.2 Å². The molecule has 1 saturated heterocycles. The van der Waals surface area contributed by atoms with E-state index in [1.165, 1.54) is 18.2 Å². The molecule has 1 aromatic heterocycles. The highest BCUT2D eigenvalue weighted by molar-refractivity contribution is 5.91. The number of hydrogen-bond donors (Lipinski definition) is 9. The normalized spacial score (nSPS) is 21.9. The Kier molecular flexibility index (Phi) is 7.64. The Morgan fingerprint density at radius 3 is 2.14 bits per heavy atom. The number of phenols is 6. The molecule has 5 atom stereocenters. The lowest BCUT2D eigenvalue weighted by Crippen LogP contribution is -2.60. The summed E-state index contributed by atoms with van der Waals surface area (Å²) in [4.78, 5) is 25.1. The van der Waals surface area contributed by atoms with Gasteiger partial charge >= 0.3 is 5.97 Å². The third kappa shape index (κ3) is 5.64. The maximum Gasteiger partial charge on any atom is 0.338 e. The second kappa shape index (κ2) is 11.2. The van der Waals surface area contributed by atoms with Crippen molar-refractivity contribution in [2.45, 2.75) is 30.7 Å². The minimum Gasteiger partial charge on any atom is -0.507 e. The van der Waals surface area contributed by atoms with E-state index in [4.69, 9.17) is 18.6 Å². The molecule has 0 aliphatic carbocycles. The largest absolute Gasteiger partial charge is 0.507 e. The topological polar surface area (TPSA) is 257 Å². The van der Waals surface area contributed by atoms with Gasteiger partial charge in [0, 0.05) is 23.8 Å². The van der Waals surface area contributed by atoms with Crippen LogP contribution >= 0.6 is 0 Å². The number of fused-ring (bicyclic) bond motifs is 1. The fourth-order valence-corrected chi connectivity index (χ4v) is 4.38. The Hall–Kier alpha value is -5.22. The molecule has 0 bridgehead atoms. The van der Waals surface area contributed by atoms with Gasteiger partial charge in [0.2, 0.25) is 6.29 Å². The Morgan fingerprint density at radius 2 is 1.47 bits per heavy atom. The number of hydrogen-bond acceptors (Lipinski definition) is 15. The fourth-order valence-electron chi connectivity index (χ4n) is 4.38. The zero-order valence-electron chi connectivity index (χ0n) is 21.7. The zero-order chi connectivity index (χ0) is 31.2. The number of esters is 1. The summed E-state index contributed by atoms with van der Waals surface area (Å²) in [6.45, 7) is -0.702. The van der Waals surface area contributed by atoms with Crippen LogP contribution in [0.4, 0.5) is 0 Å². The molecule has 0 saturated carbocycles. The van der Waals surface area contributed by atoms with Gasteiger partial charge in [-0.2, -0.15) is 0 Å². The van der Waals surface area contributed by atoms with Gasteiger partial charge in [-0.1, -0.05) is 0 Å². The molecule has 0 unspecified atom stereocenters. The van der Waals surface area contributed by atoms with Crippen molar-refractivity contribution in [3.63, 3.8) is 0 Å². The molecule has 43 heavy (non-hydrogen) atoms. The summed E-state index contributed by atoms with van der Waals surface area (Å²) in [5.41, 5.74) is -0.973. The number of aliphatic hydroxyl groups excluding tert-OH is 3. The first-order valence-corrected chi connectivity index (χ1v) is 12.5. The van der Waals surface area contributed by atoms with Crippen LogP contribution in [0.5, 0.6) is 40.2 Å². The standard InChI is InChI=1S/C28H24O15/c29-13-2-1-10(3-14(13)30)19-8-16(32)22-15(31)6-12(7-20(22)42-19)41-28-26(38)25(37)24(36)21(43-28)9-40-27(39)11-4-17(33)23(35)18(34)5-11/h1-8,21,24-26,28-31,33-38H,9H2/t21-,24-,25+,26-,28-/m1/s1. The van der Waals surface area contributed by atoms with Crippen molar-refractivity contribution in [3.8, 4) is 51.6 Å². The van der Waals surface area contributed by atoms with E-state index in [0.29, 0.717) is 0 Å². The predicted molar refractivity (Wildman–Crippen MR) is 142 cm³/mol. The van der Waals surface area contributed by atoms with Crippen LogP contribution in [0.25, 0.3) is 22.3 Å². The molecule has 15 nitrogen and oxygen atoms in total. The van der Waals surface area contributed by atoms with E-state index in [0.717, 1.165) is 30.3 Å². The first-order valence-electron chi connectivity index (χ1n) is 12.5. The van der Waals surface area contributed by atoms with Crippen LogP contribution in [0.1, 0.15) is 10.4 Å². The van der Waals surface area contributed by atoms with E-state index in [1.54, 1.807) is 0 Å². The Bertz CT molecular complexity index is 1740. The molecule has 5 rings (SSSR count). The molecule has 1 aliphatic rings. The van der Waals surface area contributed by atoms with Crippen LogP contribution in [-0.2, 0) is 9.47 Å². The molecule has 0 spiro atoms. The first kappa shape index (κ1) is 29.3. The summed E-state index contributed by atoms with van der Waals surface area (Å²) in [6.07, 6.45) is -8.64. The number of phenolic OH excluding ortho intramolecular Hbond substituents is 6. The van der Waals surface area contributed by atoms with E-state index in [1.807, 2.05) is 0 Å². The van der Waals surface area contributed by atoms with Gasteiger partial charge in [0.05, 0.1) is 5.56 Å². The van der Waals surface area contributed by atoms with Crippen molar-refractivity contribution >= 4 is 16.9 Å². The van der Waals surface area contributed by atoms with Crippen LogP contribution in [0.3, 0.4) is 0 Å². The Morgan fingerprint density at radius 1 is 0.767 bits per heavy atom. The third-order valence-corrected chi connectivity index (χ3v) is 6.65. The second-order valence-electron chi connectivity index (χ2n) is 9.59. The molecule has 0 amide bonds. The van der Waals surface area contributed by atoms with E-state index >= 15 is 0 Å². The summed E-state index contributed by atoms with van der Waals surface area (Å²) < 4.78 is 21.8. The molecule has 226 valence electrons. The van der Waals surface area contributed by atoms with E-state index in [9.17, 15) is 55.5 Å². The minimum atomic E-state index is -1.86. The van der Waals surface area contributed by atoms with Crippen molar-refractivity contribution < 1.29 is 69.4 Å². The van der Waals surface area contributed by atoms with Gasteiger partial charge in [0.25, 0.3) is 0 Å². The Balaban J connectivity index is 1.37. The van der Waals surface area contributed by atoms with Gasteiger partial charge in [-0.3, -0.25) is 4.79 Å². The van der Waals surface area contributed by atoms with E-state index in [-0.39, 0.29) is 33.6 Å². The fraction of sp³-hybridized carbons (Fsp3) is 0.214. The summed E-state index contributed by atoms with van der Waals surface area (Å²) in [7, 11) is 0. The average molecular weight is 600 g/mol. The molecular formula is C28H24O15. The van der Waals surface area contributed by atoms with Gasteiger partial charge in [0.1, 0.15) is 59.3 Å². The molecule has 2 heterocycles. The number of rotatable bonds is 6. The number of carbonyl (C=O) groups excluding carboxylic acids is 1. The van der Waals surface area contributed by atoms with Crippen molar-refractivity contribution in [2.75, 3.05) is 6.61 Å². The number of benzene rings is 3. The van der Waals surface area contributed by atoms with Crippen LogP contribution in [-0.4, -0.2) is 89.2 Å². The number of aromatic hydroxyl groups is 6. The number of ether oxygens (including phenoxy) is 3. The highest BCUT2D eigenvalue weighted by Gasteiger charge is 2.45. The zero-order valence-corrected chi connectivity index (χ0v) is 21.7. The molecule has 3 aromatic carbocycles. The third-order valence-electron chi connectivity index (χ3n) is 6.65. The maximum atomic E-state index is 12.7. The summed E-state index contributed by atoms with van der Waals surface area (Å²) in [5, 5.41) is 89.5. The molecule has 0 radical (unpaired) electrons. The van der Waals surface area contributed by atoms with Crippen molar-refractivity contribution in [2.24, 2.45) is 0 Å². The van der Waals surface area contributed by atoms with Crippen molar-refractivity contribution in [1.82, 2.24) is 0 Å². The number of carbonyl (C=O) groups is 1. The van der Waals surface area contributed by atoms with Crippen molar-refractivity contribution in [1.29, 1.82) is 0 Å². The van der Waals surface area contributed by atoms with Gasteiger partial charge in [-0.15, -0.1) is 0 Å². The van der Waals surface area contributed by atoms with Crippen LogP contribution in [0.15, 0.2) is 57.7 Å². The smallest absolute Gasteiger partial charge is 0.338 e. The number of aliphatic hydroxyl groups is 3. The van der Waals surface area contributed by atoms with Crippen LogP contribution < -0.4 is 10.2 Å². The quantitative estimate of drug-likeness (QED) is 0.109. The SMILES string of the molecule is O=C(OC[C@H]1O[C@@H](Oc2cc(O)c3c(=O)cc(-c4ccc(O)c(O)c4)oc3c2)[C@H](O)[C@@H](O)[C@@H]1O)c1cc(O)c(O)c(O)c1. The van der Waals surface area contributed by atoms with Gasteiger partial charge < -0.3 is 64.6 Å². The summed E-state index contributed by atoms with van der Waals surface area (Å²) in [5.74, 6) is -5.23. The first-order chi connectivity index (χ1) is 20.3. The second-order valence-corrected chi connectivity index (χ2v) is 9.59. The lowest BCUT2D eigenvalue weighted by molar-refractivity contribution is -0.277. The highest BCUT2D eigenvalue weighted by atomic mass is 16.7. The van der Waals surface area contributed by atoms with E-state index < -0.39 is 83.2 Å².